The van der Waals surface area contributed by atoms with Crippen LogP contribution in [0, 0.1) is 0 Å². The largest absolute Gasteiger partial charge is 0.478 e. The number of nitrogens with zero attached hydrogens (tertiary/aromatic N) is 3. The standard InChI is InChI=1S/C25H26N4O5S/c1-28(2)10-5-11-29-22(21(27-25(29)35)18-6-3-4-9-26-18)20-8-7-19(34-20)15-12-16(23(30)31)14-17(13-15)24(32)33/h3-4,6-9,12-14,21-22H,5,10-11H2,1-2H3,(H,27,35)(H,30,31)(H,32,33)/t21-,22-/m1/s1. The van der Waals surface area contributed by atoms with E-state index in [1.807, 2.05) is 38.4 Å². The molecular weight excluding hydrogens is 468 g/mol. The number of hydrogen-bond acceptors (Lipinski definition) is 6. The van der Waals surface area contributed by atoms with Crippen LogP contribution in [0.2, 0.25) is 0 Å². The van der Waals surface area contributed by atoms with Crippen LogP contribution in [0.1, 0.15) is 50.7 Å². The Morgan fingerprint density at radius 3 is 2.43 bits per heavy atom. The molecule has 1 aromatic carbocycles. The fourth-order valence-corrected chi connectivity index (χ4v) is 4.53. The second-order valence-electron chi connectivity index (χ2n) is 8.59. The SMILES string of the molecule is CN(C)CCCN1C(=S)N[C@H](c2ccccn2)[C@H]1c1ccc(-c2cc(C(=O)O)cc(C(=O)O)c2)o1. The van der Waals surface area contributed by atoms with Crippen LogP contribution in [0.25, 0.3) is 11.3 Å². The number of benzene rings is 1. The summed E-state index contributed by atoms with van der Waals surface area (Å²) in [6.07, 6.45) is 2.61. The molecule has 10 heteroatoms. The van der Waals surface area contributed by atoms with Gasteiger partial charge in [0, 0.05) is 18.3 Å². The van der Waals surface area contributed by atoms with Crippen LogP contribution in [-0.2, 0) is 0 Å². The lowest BCUT2D eigenvalue weighted by Gasteiger charge is -2.26. The van der Waals surface area contributed by atoms with Gasteiger partial charge in [-0.25, -0.2) is 9.59 Å². The highest BCUT2D eigenvalue weighted by Gasteiger charge is 2.41. The molecule has 2 atom stereocenters. The number of carboxylic acids is 2. The van der Waals surface area contributed by atoms with Crippen molar-refractivity contribution in [3.63, 3.8) is 0 Å². The average Bonchev–Trinajstić information content (AvgIpc) is 3.44. The van der Waals surface area contributed by atoms with E-state index in [0.717, 1.165) is 24.7 Å². The van der Waals surface area contributed by atoms with Crippen LogP contribution < -0.4 is 5.32 Å². The van der Waals surface area contributed by atoms with Gasteiger partial charge in [-0.1, -0.05) is 6.07 Å². The fraction of sp³-hybridized carbons (Fsp3) is 0.280. The van der Waals surface area contributed by atoms with Crippen molar-refractivity contribution < 1.29 is 24.2 Å². The molecule has 4 rings (SSSR count). The third kappa shape index (κ3) is 5.33. The molecular formula is C25H26N4O5S. The van der Waals surface area contributed by atoms with Crippen molar-refractivity contribution in [2.75, 3.05) is 27.2 Å². The van der Waals surface area contributed by atoms with Gasteiger partial charge in [-0.15, -0.1) is 0 Å². The number of pyridine rings is 1. The van der Waals surface area contributed by atoms with Crippen LogP contribution in [0.3, 0.4) is 0 Å². The van der Waals surface area contributed by atoms with Gasteiger partial charge in [0.25, 0.3) is 0 Å². The molecule has 3 aromatic rings. The van der Waals surface area contributed by atoms with Crippen molar-refractivity contribution in [1.82, 2.24) is 20.1 Å². The Labute approximate surface area is 208 Å². The summed E-state index contributed by atoms with van der Waals surface area (Å²) in [6, 6.07) is 12.6. The van der Waals surface area contributed by atoms with E-state index in [9.17, 15) is 19.8 Å². The molecule has 0 bridgehead atoms. The van der Waals surface area contributed by atoms with Gasteiger partial charge < -0.3 is 29.7 Å². The summed E-state index contributed by atoms with van der Waals surface area (Å²) in [5.41, 5.74) is 0.932. The van der Waals surface area contributed by atoms with Gasteiger partial charge in [0.2, 0.25) is 0 Å². The van der Waals surface area contributed by atoms with Crippen molar-refractivity contribution in [3.8, 4) is 11.3 Å². The highest BCUT2D eigenvalue weighted by Crippen LogP contribution is 2.40. The Bertz CT molecular complexity index is 1210. The Balaban J connectivity index is 1.72. The quantitative estimate of drug-likeness (QED) is 0.380. The van der Waals surface area contributed by atoms with Crippen molar-refractivity contribution in [2.24, 2.45) is 0 Å². The molecule has 2 aromatic heterocycles. The molecule has 35 heavy (non-hydrogen) atoms. The molecule has 0 aliphatic carbocycles. The molecule has 1 saturated heterocycles. The third-order valence-electron chi connectivity index (χ3n) is 5.83. The highest BCUT2D eigenvalue weighted by atomic mass is 32.1. The van der Waals surface area contributed by atoms with Crippen LogP contribution in [0.5, 0.6) is 0 Å². The van der Waals surface area contributed by atoms with Gasteiger partial charge in [0.05, 0.1) is 22.9 Å². The molecule has 3 N–H and O–H groups in total. The smallest absolute Gasteiger partial charge is 0.335 e. The van der Waals surface area contributed by atoms with Crippen molar-refractivity contribution in [3.05, 3.63) is 77.3 Å². The van der Waals surface area contributed by atoms with Crippen LogP contribution >= 0.6 is 12.2 Å². The maximum Gasteiger partial charge on any atom is 0.335 e. The molecule has 0 spiro atoms. The maximum atomic E-state index is 11.5. The Kier molecular flexibility index (Phi) is 7.13. The lowest BCUT2D eigenvalue weighted by atomic mass is 10.0. The monoisotopic (exact) mass is 494 g/mol. The zero-order chi connectivity index (χ0) is 25.1. The Hall–Kier alpha value is -3.76. The first kappa shape index (κ1) is 24.4. The van der Waals surface area contributed by atoms with E-state index in [0.29, 0.717) is 28.7 Å². The van der Waals surface area contributed by atoms with Crippen LogP contribution in [-0.4, -0.2) is 69.2 Å². The number of hydrogen-bond donors (Lipinski definition) is 3. The predicted molar refractivity (Wildman–Crippen MR) is 133 cm³/mol. The van der Waals surface area contributed by atoms with Gasteiger partial charge in [-0.05, 0) is 81.7 Å². The van der Waals surface area contributed by atoms with E-state index >= 15 is 0 Å². The highest BCUT2D eigenvalue weighted by molar-refractivity contribution is 7.80. The number of carboxylic acid groups (broad SMARTS) is 2. The summed E-state index contributed by atoms with van der Waals surface area (Å²) in [5, 5.41) is 22.8. The average molecular weight is 495 g/mol. The summed E-state index contributed by atoms with van der Waals surface area (Å²) in [7, 11) is 4.04. The topological polar surface area (TPSA) is 119 Å². The fourth-order valence-electron chi connectivity index (χ4n) is 4.20. The van der Waals surface area contributed by atoms with E-state index in [4.69, 9.17) is 16.6 Å². The molecule has 0 unspecified atom stereocenters. The summed E-state index contributed by atoms with van der Waals surface area (Å²) in [5.74, 6) is -1.44. The molecule has 3 heterocycles. The molecule has 0 amide bonds. The Morgan fingerprint density at radius 2 is 1.83 bits per heavy atom. The molecule has 0 saturated carbocycles. The van der Waals surface area contributed by atoms with E-state index in [-0.39, 0.29) is 23.2 Å². The van der Waals surface area contributed by atoms with Gasteiger partial charge >= 0.3 is 11.9 Å². The van der Waals surface area contributed by atoms with Gasteiger partial charge in [0.1, 0.15) is 17.6 Å². The van der Waals surface area contributed by atoms with Crippen molar-refractivity contribution in [2.45, 2.75) is 18.5 Å². The second kappa shape index (κ2) is 10.2. The summed E-state index contributed by atoms with van der Waals surface area (Å²) in [6.45, 7) is 1.59. The number of aromatic carboxylic acids is 2. The minimum Gasteiger partial charge on any atom is -0.478 e. The number of carbonyl (C=O) groups is 2. The molecule has 1 fully saturated rings. The predicted octanol–water partition coefficient (Wildman–Crippen LogP) is 3.66. The van der Waals surface area contributed by atoms with E-state index in [2.05, 4.69) is 20.1 Å². The number of nitrogens with one attached hydrogen (secondary N) is 1. The number of rotatable bonds is 9. The van der Waals surface area contributed by atoms with Gasteiger partial charge in [0.15, 0.2) is 5.11 Å². The molecule has 1 aliphatic rings. The van der Waals surface area contributed by atoms with Crippen molar-refractivity contribution in [1.29, 1.82) is 0 Å². The van der Waals surface area contributed by atoms with Crippen molar-refractivity contribution >= 4 is 29.3 Å². The number of furan rings is 1. The van der Waals surface area contributed by atoms with Gasteiger partial charge in [-0.3, -0.25) is 4.98 Å². The summed E-state index contributed by atoms with van der Waals surface area (Å²) in [4.78, 5) is 31.8. The summed E-state index contributed by atoms with van der Waals surface area (Å²) >= 11 is 5.67. The van der Waals surface area contributed by atoms with E-state index in [1.54, 1.807) is 12.3 Å². The third-order valence-corrected chi connectivity index (χ3v) is 6.18. The Morgan fingerprint density at radius 1 is 1.11 bits per heavy atom. The lowest BCUT2D eigenvalue weighted by Crippen LogP contribution is -2.32. The first-order chi connectivity index (χ1) is 16.7. The number of aromatic nitrogens is 1. The molecule has 1 aliphatic heterocycles. The molecule has 9 nitrogen and oxygen atoms in total. The van der Waals surface area contributed by atoms with Crippen LogP contribution in [0.15, 0.2) is 59.1 Å². The minimum atomic E-state index is -1.21. The lowest BCUT2D eigenvalue weighted by molar-refractivity contribution is 0.0696. The molecule has 182 valence electrons. The molecule has 0 radical (unpaired) electrons. The second-order valence-corrected chi connectivity index (χ2v) is 8.97. The zero-order valence-electron chi connectivity index (χ0n) is 19.3. The first-order valence-corrected chi connectivity index (χ1v) is 11.5. The number of thiocarbonyl (C=S) groups is 1. The summed E-state index contributed by atoms with van der Waals surface area (Å²) < 4.78 is 6.22. The maximum absolute atomic E-state index is 11.5. The normalized spacial score (nSPS) is 17.6. The van der Waals surface area contributed by atoms with E-state index in [1.165, 1.54) is 12.1 Å². The van der Waals surface area contributed by atoms with Gasteiger partial charge in [-0.2, -0.15) is 0 Å². The first-order valence-electron chi connectivity index (χ1n) is 11.1. The van der Waals surface area contributed by atoms with E-state index < -0.39 is 11.9 Å². The minimum absolute atomic E-state index is 0.127. The van der Waals surface area contributed by atoms with Crippen LogP contribution in [0.4, 0.5) is 0 Å². The zero-order valence-corrected chi connectivity index (χ0v) is 20.2.